The maximum Gasteiger partial charge on any atom is 0.217 e. The molecule has 0 spiro atoms. The highest BCUT2D eigenvalue weighted by molar-refractivity contribution is 7.14. The van der Waals surface area contributed by atoms with Gasteiger partial charge >= 0.3 is 0 Å². The SMILES string of the molecule is CC(=O)NC1CCC(F)(c2nnc(-c3cnc(-c4ccc5cc(C#N)cnn45)cc3NC3COC3)s2)CC1. The topological polar surface area (TPSA) is 130 Å². The lowest BCUT2D eigenvalue weighted by atomic mass is 9.84. The number of nitrogens with zero attached hydrogens (tertiary/aromatic N) is 6. The summed E-state index contributed by atoms with van der Waals surface area (Å²) in [6, 6.07) is 9.75. The molecule has 0 bridgehead atoms. The van der Waals surface area contributed by atoms with Crippen LogP contribution in [0.25, 0.3) is 27.5 Å². The normalized spacial score (nSPS) is 21.6. The van der Waals surface area contributed by atoms with Crippen molar-refractivity contribution in [3.05, 3.63) is 47.2 Å². The highest BCUT2D eigenvalue weighted by Crippen LogP contribution is 2.44. The van der Waals surface area contributed by atoms with Crippen LogP contribution in [-0.4, -0.2) is 56.0 Å². The molecular weight excluding hydrogens is 507 g/mol. The van der Waals surface area contributed by atoms with Crippen LogP contribution in [0.4, 0.5) is 10.1 Å². The summed E-state index contributed by atoms with van der Waals surface area (Å²) >= 11 is 1.24. The zero-order valence-corrected chi connectivity index (χ0v) is 21.5. The van der Waals surface area contributed by atoms with Crippen molar-refractivity contribution >= 4 is 28.4 Å². The number of halogens is 1. The Bertz CT molecular complexity index is 1550. The molecule has 2 N–H and O–H groups in total. The van der Waals surface area contributed by atoms with Gasteiger partial charge in [0.15, 0.2) is 15.7 Å². The van der Waals surface area contributed by atoms with Crippen LogP contribution in [0.5, 0.6) is 0 Å². The molecule has 2 fully saturated rings. The fourth-order valence-electron chi connectivity index (χ4n) is 4.91. The van der Waals surface area contributed by atoms with Gasteiger partial charge in [-0.1, -0.05) is 11.3 Å². The molecule has 0 atom stereocenters. The maximum atomic E-state index is 15.9. The molecule has 1 aliphatic carbocycles. The molecule has 10 nitrogen and oxygen atoms in total. The molecule has 4 aromatic heterocycles. The Morgan fingerprint density at radius 3 is 2.74 bits per heavy atom. The molecule has 5 heterocycles. The first-order chi connectivity index (χ1) is 18.4. The molecule has 194 valence electrons. The van der Waals surface area contributed by atoms with Crippen LogP contribution in [-0.2, 0) is 15.2 Å². The number of ether oxygens (including phenoxy) is 1. The van der Waals surface area contributed by atoms with Gasteiger partial charge in [-0.05, 0) is 49.9 Å². The number of hydrogen-bond donors (Lipinski definition) is 2. The Morgan fingerprint density at radius 1 is 1.21 bits per heavy atom. The molecule has 1 saturated carbocycles. The molecule has 1 aliphatic heterocycles. The number of alkyl halides is 1. The van der Waals surface area contributed by atoms with Crippen molar-refractivity contribution in [2.75, 3.05) is 18.5 Å². The number of aromatic nitrogens is 5. The molecule has 0 unspecified atom stereocenters. The molecule has 6 rings (SSSR count). The second-order valence-electron chi connectivity index (χ2n) is 9.76. The van der Waals surface area contributed by atoms with E-state index >= 15 is 4.39 Å². The quantitative estimate of drug-likeness (QED) is 0.383. The lowest BCUT2D eigenvalue weighted by molar-refractivity contribution is -0.120. The number of carbonyl (C=O) groups excluding carboxylic acids is 1. The van der Waals surface area contributed by atoms with Crippen molar-refractivity contribution in [1.29, 1.82) is 5.26 Å². The zero-order valence-electron chi connectivity index (χ0n) is 20.6. The number of carbonyl (C=O) groups is 1. The van der Waals surface area contributed by atoms with Gasteiger partial charge in [0.25, 0.3) is 0 Å². The summed E-state index contributed by atoms with van der Waals surface area (Å²) in [6.07, 6.45) is 4.94. The maximum absolute atomic E-state index is 15.9. The summed E-state index contributed by atoms with van der Waals surface area (Å²) < 4.78 is 23.0. The molecule has 0 radical (unpaired) electrons. The van der Waals surface area contributed by atoms with Crippen LogP contribution in [0.3, 0.4) is 0 Å². The van der Waals surface area contributed by atoms with Gasteiger partial charge in [0.05, 0.1) is 53.5 Å². The molecule has 4 aromatic rings. The Balaban J connectivity index is 1.31. The van der Waals surface area contributed by atoms with Gasteiger partial charge in [-0.3, -0.25) is 9.78 Å². The summed E-state index contributed by atoms with van der Waals surface area (Å²) in [5.74, 6) is -0.0942. The number of pyridine rings is 1. The predicted octanol–water partition coefficient (Wildman–Crippen LogP) is 3.84. The lowest BCUT2D eigenvalue weighted by Crippen LogP contribution is -2.40. The van der Waals surface area contributed by atoms with Gasteiger partial charge in [-0.2, -0.15) is 10.4 Å². The van der Waals surface area contributed by atoms with Gasteiger partial charge in [0.1, 0.15) is 6.07 Å². The minimum Gasteiger partial charge on any atom is -0.377 e. The van der Waals surface area contributed by atoms with E-state index in [9.17, 15) is 10.1 Å². The van der Waals surface area contributed by atoms with Crippen LogP contribution in [0.1, 0.15) is 43.2 Å². The van der Waals surface area contributed by atoms with E-state index in [0.29, 0.717) is 47.3 Å². The summed E-state index contributed by atoms with van der Waals surface area (Å²) in [4.78, 5) is 16.1. The fraction of sp³-hybridized carbons (Fsp3) is 0.385. The van der Waals surface area contributed by atoms with E-state index in [1.54, 1.807) is 16.8 Å². The number of hydrogen-bond acceptors (Lipinski definition) is 9. The zero-order chi connectivity index (χ0) is 26.3. The molecule has 1 amide bonds. The van der Waals surface area contributed by atoms with E-state index in [0.717, 1.165) is 22.5 Å². The van der Waals surface area contributed by atoms with Gasteiger partial charge < -0.3 is 15.4 Å². The first-order valence-electron chi connectivity index (χ1n) is 12.4. The third-order valence-corrected chi connectivity index (χ3v) is 8.15. The second kappa shape index (κ2) is 9.74. The largest absolute Gasteiger partial charge is 0.377 e. The lowest BCUT2D eigenvalue weighted by Gasteiger charge is -2.32. The molecule has 38 heavy (non-hydrogen) atoms. The van der Waals surface area contributed by atoms with Gasteiger partial charge in [-0.25, -0.2) is 8.91 Å². The van der Waals surface area contributed by atoms with Crippen molar-refractivity contribution in [3.63, 3.8) is 0 Å². The number of nitriles is 1. The Labute approximate surface area is 221 Å². The highest BCUT2D eigenvalue weighted by atomic mass is 32.1. The van der Waals surface area contributed by atoms with Crippen LogP contribution in [0.2, 0.25) is 0 Å². The van der Waals surface area contributed by atoms with Crippen molar-refractivity contribution in [3.8, 4) is 28.0 Å². The first-order valence-corrected chi connectivity index (χ1v) is 13.3. The number of rotatable bonds is 6. The minimum absolute atomic E-state index is 0.00729. The molecular formula is C26H25FN8O2S. The Kier molecular flexibility index (Phi) is 6.25. The average molecular weight is 533 g/mol. The fourth-order valence-corrected chi connectivity index (χ4v) is 5.92. The molecule has 12 heteroatoms. The minimum atomic E-state index is -1.56. The van der Waals surface area contributed by atoms with E-state index < -0.39 is 5.67 Å². The number of fused-ring (bicyclic) bond motifs is 1. The standard InChI is InChI=1S/C26H25FN8O2S/c1-15(36)31-17-4-6-26(27,7-5-17)25-34-33-24(38-25)20-12-29-22(9-21(20)32-18-13-37-14-18)23-3-2-19-8-16(10-28)11-30-35(19)23/h2-3,8-9,11-12,17-18H,4-7,13-14H2,1H3,(H,29,32)(H,31,36). The summed E-state index contributed by atoms with van der Waals surface area (Å²) in [5.41, 5.74) is 2.72. The van der Waals surface area contributed by atoms with Crippen molar-refractivity contribution in [2.45, 2.75) is 50.4 Å². The summed E-state index contributed by atoms with van der Waals surface area (Å²) in [6.45, 7) is 2.66. The van der Waals surface area contributed by atoms with E-state index in [1.807, 2.05) is 18.2 Å². The monoisotopic (exact) mass is 532 g/mol. The van der Waals surface area contributed by atoms with Crippen LogP contribution in [0.15, 0.2) is 36.7 Å². The molecule has 0 aromatic carbocycles. The Hall–Kier alpha value is -3.95. The van der Waals surface area contributed by atoms with Gasteiger partial charge in [-0.15, -0.1) is 10.2 Å². The van der Waals surface area contributed by atoms with Crippen molar-refractivity contribution < 1.29 is 13.9 Å². The van der Waals surface area contributed by atoms with E-state index in [4.69, 9.17) is 4.74 Å². The van der Waals surface area contributed by atoms with E-state index in [-0.39, 0.29) is 30.8 Å². The van der Waals surface area contributed by atoms with E-state index in [1.165, 1.54) is 24.5 Å². The smallest absolute Gasteiger partial charge is 0.217 e. The molecule has 2 aliphatic rings. The van der Waals surface area contributed by atoms with Crippen molar-refractivity contribution in [1.82, 2.24) is 30.1 Å². The molecule has 1 saturated heterocycles. The summed E-state index contributed by atoms with van der Waals surface area (Å²) in [5, 5.41) is 29.5. The predicted molar refractivity (Wildman–Crippen MR) is 139 cm³/mol. The number of amides is 1. The first kappa shape index (κ1) is 24.4. The number of nitrogens with one attached hydrogen (secondary N) is 2. The van der Waals surface area contributed by atoms with Crippen LogP contribution in [0, 0.1) is 11.3 Å². The number of anilines is 1. The third-order valence-electron chi connectivity index (χ3n) is 7.02. The van der Waals surface area contributed by atoms with Crippen LogP contribution < -0.4 is 10.6 Å². The van der Waals surface area contributed by atoms with Gasteiger partial charge in [0.2, 0.25) is 5.91 Å². The second-order valence-corrected chi connectivity index (χ2v) is 10.7. The average Bonchev–Trinajstić information content (AvgIpc) is 3.55. The van der Waals surface area contributed by atoms with Crippen molar-refractivity contribution in [2.24, 2.45) is 0 Å². The highest BCUT2D eigenvalue weighted by Gasteiger charge is 2.40. The Morgan fingerprint density at radius 2 is 2.03 bits per heavy atom. The third kappa shape index (κ3) is 4.59. The van der Waals surface area contributed by atoms with Gasteiger partial charge in [0, 0.05) is 24.8 Å². The van der Waals surface area contributed by atoms with E-state index in [2.05, 4.69) is 37.0 Å². The van der Waals surface area contributed by atoms with Crippen LogP contribution >= 0.6 is 11.3 Å². The summed E-state index contributed by atoms with van der Waals surface area (Å²) in [7, 11) is 0.